The van der Waals surface area contributed by atoms with E-state index in [1.807, 2.05) is 84.9 Å². The van der Waals surface area contributed by atoms with E-state index in [0.717, 1.165) is 21.4 Å². The molecule has 0 aromatic heterocycles. The van der Waals surface area contributed by atoms with E-state index in [9.17, 15) is 0 Å². The molecule has 3 aromatic carbocycles. The molecule has 0 heterocycles. The number of hydrogen-bond donors (Lipinski definition) is 1. The predicted octanol–water partition coefficient (Wildman–Crippen LogP) is 6.01. The maximum absolute atomic E-state index is 4.41. The maximum atomic E-state index is 4.41. The summed E-state index contributed by atoms with van der Waals surface area (Å²) in [4.78, 5) is 0. The number of hydrogen-bond acceptors (Lipinski definition) is 3. The van der Waals surface area contributed by atoms with Crippen molar-refractivity contribution in [2.24, 2.45) is 15.3 Å². The van der Waals surface area contributed by atoms with E-state index in [1.165, 1.54) is 0 Å². The van der Waals surface area contributed by atoms with Gasteiger partial charge >= 0.3 is 0 Å². The maximum Gasteiger partial charge on any atom is 0.201 e. The number of anilines is 1. The zero-order chi connectivity index (χ0) is 16.6. The number of para-hydroxylation sites is 1. The number of hydrazone groups is 1. The molecule has 0 bridgehead atoms. The van der Waals surface area contributed by atoms with E-state index in [2.05, 4.69) is 36.7 Å². The highest BCUT2D eigenvalue weighted by Crippen LogP contribution is 2.16. The molecule has 0 saturated heterocycles. The number of halogens is 1. The standard InChI is InChI=1S/C19H15BrN4/c20-16-9-7-8-15(14-16)19(23-21-17-10-3-1-4-11-17)24-22-18-12-5-2-6-13-18/h1-14,21H. The third-order valence-corrected chi connectivity index (χ3v) is 3.66. The van der Waals surface area contributed by atoms with Gasteiger partial charge < -0.3 is 0 Å². The average Bonchev–Trinajstić information content (AvgIpc) is 2.63. The average molecular weight is 379 g/mol. The van der Waals surface area contributed by atoms with Crippen molar-refractivity contribution in [1.29, 1.82) is 0 Å². The fraction of sp³-hybridized carbons (Fsp3) is 0. The number of azo groups is 1. The van der Waals surface area contributed by atoms with E-state index in [0.29, 0.717) is 5.84 Å². The van der Waals surface area contributed by atoms with Gasteiger partial charge in [0.2, 0.25) is 5.84 Å². The predicted molar refractivity (Wildman–Crippen MR) is 102 cm³/mol. The van der Waals surface area contributed by atoms with E-state index in [-0.39, 0.29) is 0 Å². The molecule has 0 atom stereocenters. The second-order valence-corrected chi connectivity index (χ2v) is 5.87. The van der Waals surface area contributed by atoms with Crippen LogP contribution in [0.15, 0.2) is 105 Å². The molecule has 5 heteroatoms. The van der Waals surface area contributed by atoms with Crippen molar-refractivity contribution in [2.45, 2.75) is 0 Å². The molecule has 0 aliphatic heterocycles. The summed E-state index contributed by atoms with van der Waals surface area (Å²) in [5, 5.41) is 13.0. The van der Waals surface area contributed by atoms with Crippen LogP contribution in [0, 0.1) is 0 Å². The largest absolute Gasteiger partial charge is 0.276 e. The summed E-state index contributed by atoms with van der Waals surface area (Å²) in [6.45, 7) is 0. The highest BCUT2D eigenvalue weighted by Gasteiger charge is 2.04. The lowest BCUT2D eigenvalue weighted by Crippen LogP contribution is -2.01. The van der Waals surface area contributed by atoms with Crippen molar-refractivity contribution in [2.75, 3.05) is 5.43 Å². The number of amidine groups is 1. The van der Waals surface area contributed by atoms with E-state index >= 15 is 0 Å². The summed E-state index contributed by atoms with van der Waals surface area (Å²) in [7, 11) is 0. The fourth-order valence-corrected chi connectivity index (χ4v) is 2.40. The summed E-state index contributed by atoms with van der Waals surface area (Å²) in [6.07, 6.45) is 0. The summed E-state index contributed by atoms with van der Waals surface area (Å²) in [5.41, 5.74) is 5.55. The van der Waals surface area contributed by atoms with Gasteiger partial charge in [-0.05, 0) is 36.4 Å². The quantitative estimate of drug-likeness (QED) is 0.257. The second kappa shape index (κ2) is 8.17. The van der Waals surface area contributed by atoms with Crippen molar-refractivity contribution in [3.8, 4) is 0 Å². The van der Waals surface area contributed by atoms with Crippen LogP contribution in [0.5, 0.6) is 0 Å². The number of benzene rings is 3. The topological polar surface area (TPSA) is 49.1 Å². The van der Waals surface area contributed by atoms with Crippen LogP contribution in [0.2, 0.25) is 0 Å². The van der Waals surface area contributed by atoms with Crippen LogP contribution in [0.4, 0.5) is 11.4 Å². The molecule has 3 aromatic rings. The lowest BCUT2D eigenvalue weighted by atomic mass is 10.2. The summed E-state index contributed by atoms with van der Waals surface area (Å²) < 4.78 is 0.960. The molecule has 118 valence electrons. The Hall–Kier alpha value is -2.79. The molecular weight excluding hydrogens is 364 g/mol. The highest BCUT2D eigenvalue weighted by atomic mass is 79.9. The van der Waals surface area contributed by atoms with Crippen LogP contribution in [-0.4, -0.2) is 5.84 Å². The van der Waals surface area contributed by atoms with Gasteiger partial charge in [0.05, 0.1) is 11.4 Å². The summed E-state index contributed by atoms with van der Waals surface area (Å²) in [5.74, 6) is 0.504. The zero-order valence-corrected chi connectivity index (χ0v) is 14.4. The zero-order valence-electron chi connectivity index (χ0n) is 12.8. The smallest absolute Gasteiger partial charge is 0.201 e. The molecule has 0 spiro atoms. The van der Waals surface area contributed by atoms with Gasteiger partial charge in [0, 0.05) is 10.0 Å². The van der Waals surface area contributed by atoms with E-state index in [4.69, 9.17) is 0 Å². The van der Waals surface area contributed by atoms with Crippen molar-refractivity contribution >= 4 is 33.1 Å². The van der Waals surface area contributed by atoms with Gasteiger partial charge in [-0.25, -0.2) is 0 Å². The molecule has 0 unspecified atom stereocenters. The first-order valence-electron chi connectivity index (χ1n) is 7.43. The molecule has 3 rings (SSSR count). The van der Waals surface area contributed by atoms with Gasteiger partial charge in [0.1, 0.15) is 0 Å². The minimum absolute atomic E-state index is 0.504. The van der Waals surface area contributed by atoms with Crippen molar-refractivity contribution in [3.05, 3.63) is 95.0 Å². The minimum atomic E-state index is 0.504. The Kier molecular flexibility index (Phi) is 5.48. The second-order valence-electron chi connectivity index (χ2n) is 4.96. The van der Waals surface area contributed by atoms with Gasteiger partial charge in [-0.3, -0.25) is 5.43 Å². The Balaban J connectivity index is 1.90. The van der Waals surface area contributed by atoms with Gasteiger partial charge in [0.25, 0.3) is 0 Å². The Morgan fingerprint density at radius 3 is 2.21 bits per heavy atom. The molecule has 24 heavy (non-hydrogen) atoms. The molecule has 4 nitrogen and oxygen atoms in total. The molecule has 0 aliphatic rings. The number of rotatable bonds is 4. The van der Waals surface area contributed by atoms with Gasteiger partial charge in [-0.2, -0.15) is 5.10 Å². The summed E-state index contributed by atoms with van der Waals surface area (Å²) in [6, 6.07) is 27.1. The fourth-order valence-electron chi connectivity index (χ4n) is 2.00. The highest BCUT2D eigenvalue weighted by molar-refractivity contribution is 9.10. The lowest BCUT2D eigenvalue weighted by Gasteiger charge is -2.04. The molecular formula is C19H15BrN4. The van der Waals surface area contributed by atoms with Crippen LogP contribution < -0.4 is 5.43 Å². The first kappa shape index (κ1) is 16.1. The van der Waals surface area contributed by atoms with E-state index < -0.39 is 0 Å². The number of nitrogens with one attached hydrogen (secondary N) is 1. The molecule has 0 fully saturated rings. The van der Waals surface area contributed by atoms with Gasteiger partial charge in [-0.1, -0.05) is 64.5 Å². The molecule has 1 N–H and O–H groups in total. The third kappa shape index (κ3) is 4.60. The van der Waals surface area contributed by atoms with Crippen molar-refractivity contribution < 1.29 is 0 Å². The molecule has 0 saturated carbocycles. The van der Waals surface area contributed by atoms with Crippen molar-refractivity contribution in [1.82, 2.24) is 0 Å². The van der Waals surface area contributed by atoms with Crippen LogP contribution in [0.25, 0.3) is 0 Å². The molecule has 0 radical (unpaired) electrons. The SMILES string of the molecule is Brc1cccc(C(N=Nc2ccccc2)=NNc2ccccc2)c1. The van der Waals surface area contributed by atoms with Gasteiger partial charge in [0.15, 0.2) is 0 Å². The summed E-state index contributed by atoms with van der Waals surface area (Å²) >= 11 is 3.47. The number of nitrogens with zero attached hydrogens (tertiary/aromatic N) is 3. The minimum Gasteiger partial charge on any atom is -0.276 e. The lowest BCUT2D eigenvalue weighted by molar-refractivity contribution is 1.22. The Bertz CT molecular complexity index is 846. The monoisotopic (exact) mass is 378 g/mol. The van der Waals surface area contributed by atoms with Crippen LogP contribution in [0.1, 0.15) is 5.56 Å². The Morgan fingerprint density at radius 2 is 1.50 bits per heavy atom. The van der Waals surface area contributed by atoms with E-state index in [1.54, 1.807) is 0 Å². The van der Waals surface area contributed by atoms with Crippen LogP contribution >= 0.6 is 15.9 Å². The molecule has 0 aliphatic carbocycles. The normalized spacial score (nSPS) is 11.6. The van der Waals surface area contributed by atoms with Crippen LogP contribution in [0.3, 0.4) is 0 Å². The van der Waals surface area contributed by atoms with Crippen LogP contribution in [-0.2, 0) is 0 Å². The molecule has 0 amide bonds. The Morgan fingerprint density at radius 1 is 0.792 bits per heavy atom. The first-order valence-corrected chi connectivity index (χ1v) is 8.22. The third-order valence-electron chi connectivity index (χ3n) is 3.16. The Labute approximate surface area is 149 Å². The first-order chi connectivity index (χ1) is 11.8. The van der Waals surface area contributed by atoms with Gasteiger partial charge in [-0.15, -0.1) is 10.2 Å². The van der Waals surface area contributed by atoms with Crippen molar-refractivity contribution in [3.63, 3.8) is 0 Å².